The Morgan fingerprint density at radius 3 is 2.46 bits per heavy atom. The van der Waals surface area contributed by atoms with E-state index in [4.69, 9.17) is 11.6 Å². The number of benzene rings is 1. The first-order chi connectivity index (χ1) is 16.9. The van der Waals surface area contributed by atoms with E-state index in [1.807, 2.05) is 19.9 Å². The number of fused-ring (bicyclic) bond motifs is 1. The number of rotatable bonds is 10. The Kier molecular flexibility index (Phi) is 7.50. The lowest BCUT2D eigenvalue weighted by atomic mass is 10.2. The van der Waals surface area contributed by atoms with Gasteiger partial charge in [0.2, 0.25) is 5.91 Å². The fraction of sp³-hybridized carbons (Fsp3) is 0.375. The molecule has 0 atom stereocenters. The Balaban J connectivity index is 1.45. The number of carbonyl (C=O) groups is 1. The average Bonchev–Trinajstić information content (AvgIpc) is 3.46. The van der Waals surface area contributed by atoms with Crippen LogP contribution in [0.15, 0.2) is 46.1 Å². The van der Waals surface area contributed by atoms with Crippen LogP contribution >= 0.6 is 11.6 Å². The number of aromatic amines is 1. The smallest absolute Gasteiger partial charge is 0.332 e. The Bertz CT molecular complexity index is 1450. The van der Waals surface area contributed by atoms with Gasteiger partial charge in [0.1, 0.15) is 17.9 Å². The van der Waals surface area contributed by atoms with Crippen LogP contribution in [-0.2, 0) is 37.3 Å². The minimum absolute atomic E-state index is 0.0769. The summed E-state index contributed by atoms with van der Waals surface area (Å²) in [5.74, 6) is 0.419. The highest BCUT2D eigenvalue weighted by molar-refractivity contribution is 6.30. The Morgan fingerprint density at radius 2 is 1.74 bits per heavy atom. The summed E-state index contributed by atoms with van der Waals surface area (Å²) in [6.45, 7) is 4.85. The standard InChI is InChI=1S/C24H28ClN7O3/c1-3-12-31-22-21(23(34)32(13-4-2)24(31)35)27-19(28-22)10-9-18-11-14-30(29-18)15-20(33)26-17-7-5-16(25)6-8-17/h5-8,11,14H,3-4,9-10,12-13,15H2,1-2H3,(H,26,33)(H,27,28). The summed E-state index contributed by atoms with van der Waals surface area (Å²) < 4.78 is 4.42. The van der Waals surface area contributed by atoms with Crippen LogP contribution in [0.25, 0.3) is 11.2 Å². The summed E-state index contributed by atoms with van der Waals surface area (Å²) in [6, 6.07) is 8.74. The Morgan fingerprint density at radius 1 is 1.03 bits per heavy atom. The highest BCUT2D eigenvalue weighted by Crippen LogP contribution is 2.13. The third kappa shape index (κ3) is 5.54. The van der Waals surface area contributed by atoms with E-state index in [-0.39, 0.29) is 23.7 Å². The summed E-state index contributed by atoms with van der Waals surface area (Å²) in [5, 5.41) is 7.87. The maximum atomic E-state index is 12.9. The first kappa shape index (κ1) is 24.5. The second-order valence-electron chi connectivity index (χ2n) is 8.33. The second kappa shape index (κ2) is 10.7. The number of anilines is 1. The fourth-order valence-electron chi connectivity index (χ4n) is 3.93. The predicted octanol–water partition coefficient (Wildman–Crippen LogP) is 2.98. The molecule has 0 fully saturated rings. The van der Waals surface area contributed by atoms with Crippen LogP contribution in [0.3, 0.4) is 0 Å². The van der Waals surface area contributed by atoms with Gasteiger partial charge < -0.3 is 10.3 Å². The van der Waals surface area contributed by atoms with Crippen molar-refractivity contribution in [3.05, 3.63) is 73.9 Å². The molecule has 1 amide bonds. The van der Waals surface area contributed by atoms with Gasteiger partial charge in [0.15, 0.2) is 5.65 Å². The van der Waals surface area contributed by atoms with Gasteiger partial charge in [-0.1, -0.05) is 25.4 Å². The predicted molar refractivity (Wildman–Crippen MR) is 135 cm³/mol. The van der Waals surface area contributed by atoms with Crippen molar-refractivity contribution in [3.8, 4) is 0 Å². The van der Waals surface area contributed by atoms with Crippen molar-refractivity contribution in [1.82, 2.24) is 28.9 Å². The molecule has 0 saturated heterocycles. The van der Waals surface area contributed by atoms with Crippen molar-refractivity contribution in [2.75, 3.05) is 5.32 Å². The van der Waals surface area contributed by atoms with Gasteiger partial charge in [-0.2, -0.15) is 5.10 Å². The lowest BCUT2D eigenvalue weighted by molar-refractivity contribution is -0.116. The largest absolute Gasteiger partial charge is 0.336 e. The monoisotopic (exact) mass is 497 g/mol. The fourth-order valence-corrected chi connectivity index (χ4v) is 4.06. The van der Waals surface area contributed by atoms with E-state index < -0.39 is 0 Å². The molecule has 35 heavy (non-hydrogen) atoms. The molecule has 0 radical (unpaired) electrons. The molecule has 3 aromatic heterocycles. The normalized spacial score (nSPS) is 11.3. The minimum Gasteiger partial charge on any atom is -0.336 e. The minimum atomic E-state index is -0.339. The van der Waals surface area contributed by atoms with Crippen LogP contribution < -0.4 is 16.6 Å². The first-order valence-electron chi connectivity index (χ1n) is 11.7. The van der Waals surface area contributed by atoms with Crippen LogP contribution in [0.1, 0.15) is 38.2 Å². The number of H-pyrrole nitrogens is 1. The van der Waals surface area contributed by atoms with Crippen LogP contribution in [0, 0.1) is 0 Å². The molecule has 0 saturated carbocycles. The number of aryl methyl sites for hydroxylation is 3. The van der Waals surface area contributed by atoms with E-state index in [0.29, 0.717) is 60.1 Å². The van der Waals surface area contributed by atoms with Crippen molar-refractivity contribution in [3.63, 3.8) is 0 Å². The van der Waals surface area contributed by atoms with Gasteiger partial charge in [-0.3, -0.25) is 23.4 Å². The molecular formula is C24H28ClN7O3. The molecule has 0 unspecified atom stereocenters. The van der Waals surface area contributed by atoms with E-state index in [9.17, 15) is 14.4 Å². The molecule has 11 heteroatoms. The van der Waals surface area contributed by atoms with Crippen LogP contribution in [-0.4, -0.2) is 34.8 Å². The van der Waals surface area contributed by atoms with Crippen LogP contribution in [0.4, 0.5) is 5.69 Å². The van der Waals surface area contributed by atoms with Crippen molar-refractivity contribution in [2.24, 2.45) is 0 Å². The molecule has 0 aliphatic heterocycles. The number of hydrogen-bond acceptors (Lipinski definition) is 5. The maximum absolute atomic E-state index is 12.9. The highest BCUT2D eigenvalue weighted by Gasteiger charge is 2.17. The van der Waals surface area contributed by atoms with Gasteiger partial charge in [0.05, 0.1) is 5.69 Å². The van der Waals surface area contributed by atoms with Crippen LogP contribution in [0.5, 0.6) is 0 Å². The molecular weight excluding hydrogens is 470 g/mol. The van der Waals surface area contributed by atoms with Gasteiger partial charge in [0, 0.05) is 36.4 Å². The van der Waals surface area contributed by atoms with Gasteiger partial charge in [-0.15, -0.1) is 0 Å². The summed E-state index contributed by atoms with van der Waals surface area (Å²) in [6.07, 6.45) is 4.26. The van der Waals surface area contributed by atoms with Crippen LogP contribution in [0.2, 0.25) is 5.02 Å². The Labute approximate surface area is 206 Å². The third-order valence-electron chi connectivity index (χ3n) is 5.55. The summed E-state index contributed by atoms with van der Waals surface area (Å²) in [5.41, 5.74) is 1.55. The number of carbonyl (C=O) groups excluding carboxylic acids is 1. The van der Waals surface area contributed by atoms with Crippen molar-refractivity contribution >= 4 is 34.4 Å². The molecule has 184 valence electrons. The summed E-state index contributed by atoms with van der Waals surface area (Å²) in [4.78, 5) is 45.6. The van der Waals surface area contributed by atoms with E-state index in [1.54, 1.807) is 39.7 Å². The second-order valence-corrected chi connectivity index (χ2v) is 8.77. The summed E-state index contributed by atoms with van der Waals surface area (Å²) >= 11 is 5.87. The zero-order valence-corrected chi connectivity index (χ0v) is 20.5. The SMILES string of the molecule is CCCn1c(=O)c2[nH]c(CCc3ccn(CC(=O)Nc4ccc(Cl)cc4)n3)nc2n(CCC)c1=O. The van der Waals surface area contributed by atoms with E-state index in [2.05, 4.69) is 20.4 Å². The van der Waals surface area contributed by atoms with Gasteiger partial charge in [-0.25, -0.2) is 9.78 Å². The Hall–Kier alpha value is -3.66. The number of nitrogens with one attached hydrogen (secondary N) is 2. The zero-order chi connectivity index (χ0) is 24.9. The molecule has 0 spiro atoms. The molecule has 3 heterocycles. The molecule has 10 nitrogen and oxygen atoms in total. The number of halogens is 1. The lowest BCUT2D eigenvalue weighted by Gasteiger charge is -2.09. The number of aromatic nitrogens is 6. The van der Waals surface area contributed by atoms with E-state index >= 15 is 0 Å². The topological polar surface area (TPSA) is 120 Å². The van der Waals surface area contributed by atoms with Gasteiger partial charge in [-0.05, 0) is 49.6 Å². The van der Waals surface area contributed by atoms with Crippen molar-refractivity contribution in [1.29, 1.82) is 0 Å². The molecule has 4 rings (SSSR count). The maximum Gasteiger partial charge on any atom is 0.332 e. The molecule has 2 N–H and O–H groups in total. The highest BCUT2D eigenvalue weighted by atomic mass is 35.5. The third-order valence-corrected chi connectivity index (χ3v) is 5.80. The first-order valence-corrected chi connectivity index (χ1v) is 12.1. The number of hydrogen-bond donors (Lipinski definition) is 2. The summed E-state index contributed by atoms with van der Waals surface area (Å²) in [7, 11) is 0. The molecule has 4 aromatic rings. The zero-order valence-electron chi connectivity index (χ0n) is 19.8. The molecule has 0 bridgehead atoms. The van der Waals surface area contributed by atoms with E-state index in [0.717, 1.165) is 12.1 Å². The number of amides is 1. The average molecular weight is 498 g/mol. The van der Waals surface area contributed by atoms with Crippen molar-refractivity contribution in [2.45, 2.75) is 59.2 Å². The number of nitrogens with zero attached hydrogens (tertiary/aromatic N) is 5. The molecule has 0 aliphatic carbocycles. The number of imidazole rings is 1. The quantitative estimate of drug-likeness (QED) is 0.349. The van der Waals surface area contributed by atoms with Gasteiger partial charge >= 0.3 is 5.69 Å². The van der Waals surface area contributed by atoms with E-state index in [1.165, 1.54) is 4.57 Å². The lowest BCUT2D eigenvalue weighted by Crippen LogP contribution is -2.40. The van der Waals surface area contributed by atoms with Gasteiger partial charge in [0.25, 0.3) is 5.56 Å². The molecule has 1 aromatic carbocycles. The molecule has 0 aliphatic rings. The van der Waals surface area contributed by atoms with Crippen molar-refractivity contribution < 1.29 is 4.79 Å².